The number of nitrogens with zero attached hydrogens (tertiary/aromatic N) is 1. The van der Waals surface area contributed by atoms with Crippen LogP contribution in [0.15, 0.2) is 54.9 Å². The summed E-state index contributed by atoms with van der Waals surface area (Å²) < 4.78 is 0. The van der Waals surface area contributed by atoms with Gasteiger partial charge in [0.2, 0.25) is 0 Å². The molecule has 0 bridgehead atoms. The van der Waals surface area contributed by atoms with Crippen LogP contribution < -0.4 is 5.32 Å². The van der Waals surface area contributed by atoms with E-state index in [1.165, 1.54) is 30.5 Å². The fraction of sp³-hybridized carbons (Fsp3) is 0.519. The van der Waals surface area contributed by atoms with Gasteiger partial charge in [-0.3, -0.25) is 0 Å². The van der Waals surface area contributed by atoms with Gasteiger partial charge in [-0.05, 0) is 45.6 Å². The molecular weight excluding hydrogens is 366 g/mol. The van der Waals surface area contributed by atoms with Crippen LogP contribution in [-0.2, 0) is 6.42 Å². The van der Waals surface area contributed by atoms with Crippen LogP contribution in [0.1, 0.15) is 87.3 Å². The van der Waals surface area contributed by atoms with E-state index in [4.69, 9.17) is 0 Å². The third-order valence-corrected chi connectivity index (χ3v) is 3.49. The molecule has 1 aliphatic rings. The molecule has 0 saturated heterocycles. The SMILES string of the molecule is C=C(C)C.C=C(Nc1cc2[nH]c(C/C=C\C)cc2cn1)C1CC1.CC.CC.CCC. The highest BCUT2D eigenvalue weighted by atomic mass is 15.0. The maximum atomic E-state index is 4.44. The van der Waals surface area contributed by atoms with Crippen molar-refractivity contribution in [2.45, 2.75) is 88.0 Å². The molecule has 1 fully saturated rings. The molecule has 0 atom stereocenters. The maximum Gasteiger partial charge on any atom is 0.132 e. The van der Waals surface area contributed by atoms with E-state index in [-0.39, 0.29) is 0 Å². The van der Waals surface area contributed by atoms with Crippen LogP contribution in [0.2, 0.25) is 0 Å². The van der Waals surface area contributed by atoms with Crippen molar-refractivity contribution in [1.82, 2.24) is 9.97 Å². The van der Waals surface area contributed by atoms with E-state index in [1.807, 2.05) is 54.7 Å². The Morgan fingerprint density at radius 1 is 1.13 bits per heavy atom. The number of aromatic nitrogens is 2. The highest BCUT2D eigenvalue weighted by Crippen LogP contribution is 2.35. The molecule has 0 spiro atoms. The lowest BCUT2D eigenvalue weighted by atomic mass is 10.2. The molecule has 3 nitrogen and oxygen atoms in total. The van der Waals surface area contributed by atoms with Crippen molar-refractivity contribution in [3.05, 3.63) is 60.6 Å². The summed E-state index contributed by atoms with van der Waals surface area (Å²) in [7, 11) is 0. The molecule has 170 valence electrons. The van der Waals surface area contributed by atoms with Gasteiger partial charge < -0.3 is 10.3 Å². The number of H-pyrrole nitrogens is 1. The normalized spacial score (nSPS) is 11.5. The quantitative estimate of drug-likeness (QED) is 0.480. The number of aromatic amines is 1. The molecule has 1 aliphatic carbocycles. The second-order valence-corrected chi connectivity index (χ2v) is 7.06. The molecule has 3 heteroatoms. The largest absolute Gasteiger partial charge is 0.358 e. The third-order valence-electron chi connectivity index (χ3n) is 3.49. The Hall–Kier alpha value is -2.29. The molecule has 3 rings (SSSR count). The van der Waals surface area contributed by atoms with Crippen LogP contribution in [0, 0.1) is 5.92 Å². The smallest absolute Gasteiger partial charge is 0.132 e. The maximum absolute atomic E-state index is 4.44. The van der Waals surface area contributed by atoms with Crippen molar-refractivity contribution < 1.29 is 0 Å². The van der Waals surface area contributed by atoms with Crippen molar-refractivity contribution >= 4 is 16.7 Å². The Balaban J connectivity index is 0. The Labute approximate surface area is 186 Å². The molecule has 0 radical (unpaired) electrons. The highest BCUT2D eigenvalue weighted by Gasteiger charge is 2.24. The Kier molecular flexibility index (Phi) is 18.7. The minimum Gasteiger partial charge on any atom is -0.358 e. The lowest BCUT2D eigenvalue weighted by Crippen LogP contribution is -2.01. The summed E-state index contributed by atoms with van der Waals surface area (Å²) in [6.07, 6.45) is 10.8. The number of fused-ring (bicyclic) bond motifs is 1. The average Bonchev–Trinajstić information content (AvgIpc) is 3.50. The van der Waals surface area contributed by atoms with Crippen LogP contribution in [0.3, 0.4) is 0 Å². The summed E-state index contributed by atoms with van der Waals surface area (Å²) in [5.74, 6) is 1.52. The van der Waals surface area contributed by atoms with E-state index in [0.717, 1.165) is 28.8 Å². The lowest BCUT2D eigenvalue weighted by molar-refractivity contribution is 1.01. The second kappa shape index (κ2) is 18.7. The number of pyridine rings is 1. The second-order valence-electron chi connectivity index (χ2n) is 7.06. The van der Waals surface area contributed by atoms with E-state index in [1.54, 1.807) is 0 Å². The summed E-state index contributed by atoms with van der Waals surface area (Å²) >= 11 is 0. The first-order chi connectivity index (χ1) is 14.4. The zero-order chi connectivity index (χ0) is 23.5. The first-order valence-electron chi connectivity index (χ1n) is 11.6. The molecular formula is C27H47N3. The fourth-order valence-electron chi connectivity index (χ4n) is 2.21. The zero-order valence-corrected chi connectivity index (χ0v) is 21.2. The van der Waals surface area contributed by atoms with Crippen LogP contribution in [0.5, 0.6) is 0 Å². The monoisotopic (exact) mass is 413 g/mol. The Morgan fingerprint density at radius 2 is 1.67 bits per heavy atom. The number of hydrogen-bond acceptors (Lipinski definition) is 2. The van der Waals surface area contributed by atoms with Crippen LogP contribution in [0.4, 0.5) is 5.82 Å². The van der Waals surface area contributed by atoms with Crippen molar-refractivity contribution in [3.8, 4) is 0 Å². The first-order valence-corrected chi connectivity index (χ1v) is 11.6. The van der Waals surface area contributed by atoms with Gasteiger partial charge in [0.15, 0.2) is 0 Å². The van der Waals surface area contributed by atoms with Crippen molar-refractivity contribution in [3.63, 3.8) is 0 Å². The van der Waals surface area contributed by atoms with Crippen LogP contribution in [0.25, 0.3) is 10.9 Å². The van der Waals surface area contributed by atoms with Gasteiger partial charge in [0, 0.05) is 35.5 Å². The van der Waals surface area contributed by atoms with Crippen LogP contribution in [-0.4, -0.2) is 9.97 Å². The van der Waals surface area contributed by atoms with Crippen molar-refractivity contribution in [2.24, 2.45) is 5.92 Å². The van der Waals surface area contributed by atoms with Crippen molar-refractivity contribution in [2.75, 3.05) is 5.32 Å². The molecule has 2 heterocycles. The molecule has 2 aromatic heterocycles. The van der Waals surface area contributed by atoms with Gasteiger partial charge in [0.25, 0.3) is 0 Å². The van der Waals surface area contributed by atoms with E-state index < -0.39 is 0 Å². The Morgan fingerprint density at radius 3 is 2.13 bits per heavy atom. The predicted octanol–water partition coefficient (Wildman–Crippen LogP) is 9.07. The minimum absolute atomic E-state index is 0.645. The molecule has 0 amide bonds. The summed E-state index contributed by atoms with van der Waals surface area (Å²) in [6.45, 7) is 25.9. The number of anilines is 1. The molecule has 30 heavy (non-hydrogen) atoms. The lowest BCUT2D eigenvalue weighted by Gasteiger charge is -2.06. The number of rotatable bonds is 5. The van der Waals surface area contributed by atoms with E-state index >= 15 is 0 Å². The van der Waals surface area contributed by atoms with E-state index in [9.17, 15) is 0 Å². The molecule has 0 aliphatic heterocycles. The van der Waals surface area contributed by atoms with Gasteiger partial charge in [0.05, 0.1) is 5.52 Å². The van der Waals surface area contributed by atoms with E-state index in [0.29, 0.717) is 5.92 Å². The molecule has 2 aromatic rings. The van der Waals surface area contributed by atoms with Crippen molar-refractivity contribution in [1.29, 1.82) is 0 Å². The van der Waals surface area contributed by atoms with Gasteiger partial charge in [-0.1, -0.05) is 72.3 Å². The van der Waals surface area contributed by atoms with Crippen LogP contribution >= 0.6 is 0 Å². The van der Waals surface area contributed by atoms with Gasteiger partial charge in [-0.25, -0.2) is 4.98 Å². The highest BCUT2D eigenvalue weighted by molar-refractivity contribution is 5.82. The topological polar surface area (TPSA) is 40.7 Å². The van der Waals surface area contributed by atoms with Gasteiger partial charge in [0.1, 0.15) is 5.82 Å². The standard InChI is InChI=1S/C16H19N3.C4H8.C3H8.2C2H6/c1-3-4-5-14-8-13-10-17-16(9-15(13)19-14)18-11(2)12-6-7-12;1-4(2)3;1-3-2;2*1-2/h3-4,8-10,12,19H,2,5-7H2,1H3,(H,17,18);1H2,2-3H3;3H2,1-2H3;2*1-2H3/b4-3-;;;;. The average molecular weight is 414 g/mol. The van der Waals surface area contributed by atoms with E-state index in [2.05, 4.69) is 66.6 Å². The summed E-state index contributed by atoms with van der Waals surface area (Å²) in [5.41, 5.74) is 4.60. The summed E-state index contributed by atoms with van der Waals surface area (Å²) in [4.78, 5) is 7.87. The molecule has 1 saturated carbocycles. The van der Waals surface area contributed by atoms with Gasteiger partial charge in [-0.15, -0.1) is 6.58 Å². The third kappa shape index (κ3) is 13.8. The number of nitrogens with one attached hydrogen (secondary N) is 2. The summed E-state index contributed by atoms with van der Waals surface area (Å²) in [5, 5.41) is 4.46. The molecule has 0 unspecified atom stereocenters. The number of allylic oxidation sites excluding steroid dienone is 4. The predicted molar refractivity (Wildman–Crippen MR) is 139 cm³/mol. The van der Waals surface area contributed by atoms with Gasteiger partial charge >= 0.3 is 0 Å². The molecule has 2 N–H and O–H groups in total. The first kappa shape index (κ1) is 29.9. The minimum atomic E-state index is 0.645. The fourth-order valence-corrected chi connectivity index (χ4v) is 2.21. The van der Waals surface area contributed by atoms with Gasteiger partial charge in [-0.2, -0.15) is 0 Å². The summed E-state index contributed by atoms with van der Waals surface area (Å²) in [6, 6.07) is 4.21. The molecule has 0 aromatic carbocycles. The zero-order valence-electron chi connectivity index (χ0n) is 21.2. The Bertz CT molecular complexity index is 730. The number of hydrogen-bond donors (Lipinski definition) is 2.